The third-order valence-corrected chi connectivity index (χ3v) is 9.57. The zero-order valence-electron chi connectivity index (χ0n) is 27.8. The van der Waals surface area contributed by atoms with Crippen LogP contribution in [-0.2, 0) is 10.8 Å². The van der Waals surface area contributed by atoms with Gasteiger partial charge in [0.1, 0.15) is 17.1 Å². The van der Waals surface area contributed by atoms with Crippen LogP contribution in [0, 0.1) is 0 Å². The maximum Gasteiger partial charge on any atom is 0.149 e. The summed E-state index contributed by atoms with van der Waals surface area (Å²) in [4.78, 5) is 12.2. The fraction of sp³-hybridized carbons (Fsp3) is 0.238. The summed E-state index contributed by atoms with van der Waals surface area (Å²) in [6.07, 6.45) is 1.84. The molecule has 0 bridgehead atoms. The van der Waals surface area contributed by atoms with Gasteiger partial charge < -0.3 is 5.11 Å². The van der Waals surface area contributed by atoms with Gasteiger partial charge >= 0.3 is 0 Å². The van der Waals surface area contributed by atoms with E-state index in [1.165, 1.54) is 22.3 Å². The molecule has 1 N–H and O–H groups in total. The molecule has 230 valence electrons. The monoisotopic (exact) mass is 603 g/mol. The van der Waals surface area contributed by atoms with Crippen LogP contribution in [0.1, 0.15) is 76.6 Å². The van der Waals surface area contributed by atoms with Gasteiger partial charge in [-0.05, 0) is 75.5 Å². The lowest BCUT2D eigenvalue weighted by Crippen LogP contribution is -2.30. The number of anilines is 3. The molecule has 0 saturated carbocycles. The van der Waals surface area contributed by atoms with Crippen molar-refractivity contribution in [3.8, 4) is 28.1 Å². The second-order valence-electron chi connectivity index (χ2n) is 14.3. The van der Waals surface area contributed by atoms with Crippen LogP contribution in [0.5, 0.6) is 5.75 Å². The van der Waals surface area contributed by atoms with Crippen molar-refractivity contribution >= 4 is 28.1 Å². The maximum atomic E-state index is 11.8. The van der Waals surface area contributed by atoms with Crippen molar-refractivity contribution in [3.63, 3.8) is 0 Å². The van der Waals surface area contributed by atoms with E-state index in [1.54, 1.807) is 0 Å². The van der Waals surface area contributed by atoms with E-state index >= 15 is 0 Å². The number of aromatic nitrogens is 2. The molecule has 4 aromatic carbocycles. The Hall–Kier alpha value is -4.96. The molecule has 0 amide bonds. The standard InChI is InChI=1S/C42H41N3O/c1-26(2)31-25-32(27-15-18-29(19-16-27)41(3,4)5)40(46)39-30(31)20-22-35(44-39)28-17-21-34-37(24-28)45(38-14-10-11-23-43-38)36-13-9-8-12-33(36)42(34,6)7/h8-26,46H,1-7H3. The summed E-state index contributed by atoms with van der Waals surface area (Å²) in [7, 11) is 0. The summed E-state index contributed by atoms with van der Waals surface area (Å²) in [6, 6.07) is 36.2. The van der Waals surface area contributed by atoms with E-state index < -0.39 is 0 Å². The normalized spacial score (nSPS) is 14.0. The van der Waals surface area contributed by atoms with Crippen molar-refractivity contribution in [1.82, 2.24) is 9.97 Å². The molecule has 0 unspecified atom stereocenters. The van der Waals surface area contributed by atoms with E-state index in [-0.39, 0.29) is 22.5 Å². The minimum absolute atomic E-state index is 0.0574. The van der Waals surface area contributed by atoms with E-state index in [0.717, 1.165) is 45.0 Å². The third-order valence-electron chi connectivity index (χ3n) is 9.57. The molecule has 4 nitrogen and oxygen atoms in total. The Bertz CT molecular complexity index is 2090. The molecule has 4 heteroatoms. The minimum atomic E-state index is -0.200. The van der Waals surface area contributed by atoms with Gasteiger partial charge in [-0.1, -0.05) is 115 Å². The van der Waals surface area contributed by atoms with Gasteiger partial charge in [0, 0.05) is 28.1 Å². The van der Waals surface area contributed by atoms with Crippen molar-refractivity contribution in [2.24, 2.45) is 0 Å². The Labute approximate surface area is 272 Å². The van der Waals surface area contributed by atoms with E-state index in [2.05, 4.69) is 144 Å². The number of phenols is 1. The molecule has 0 aliphatic carbocycles. The smallest absolute Gasteiger partial charge is 0.149 e. The molecule has 1 aliphatic rings. The number of hydrogen-bond donors (Lipinski definition) is 1. The molecule has 1 aliphatic heterocycles. The van der Waals surface area contributed by atoms with E-state index in [4.69, 9.17) is 9.97 Å². The van der Waals surface area contributed by atoms with Crippen LogP contribution in [0.15, 0.2) is 109 Å². The average Bonchev–Trinajstić information content (AvgIpc) is 3.05. The highest BCUT2D eigenvalue weighted by molar-refractivity contribution is 5.96. The summed E-state index contributed by atoms with van der Waals surface area (Å²) < 4.78 is 0. The van der Waals surface area contributed by atoms with Crippen molar-refractivity contribution in [2.45, 2.75) is 65.2 Å². The number of pyridine rings is 2. The largest absolute Gasteiger partial charge is 0.505 e. The Morgan fingerprint density at radius 1 is 0.739 bits per heavy atom. The molecule has 46 heavy (non-hydrogen) atoms. The second-order valence-corrected chi connectivity index (χ2v) is 14.3. The zero-order valence-corrected chi connectivity index (χ0v) is 27.8. The molecule has 0 atom stereocenters. The molecule has 0 radical (unpaired) electrons. The van der Waals surface area contributed by atoms with Crippen LogP contribution in [0.4, 0.5) is 17.2 Å². The van der Waals surface area contributed by atoms with Crippen molar-refractivity contribution in [2.75, 3.05) is 4.90 Å². The minimum Gasteiger partial charge on any atom is -0.505 e. The highest BCUT2D eigenvalue weighted by Crippen LogP contribution is 2.52. The first-order valence-electron chi connectivity index (χ1n) is 16.2. The predicted octanol–water partition coefficient (Wildman–Crippen LogP) is 11.2. The molecule has 2 aromatic heterocycles. The van der Waals surface area contributed by atoms with Gasteiger partial charge in [0.05, 0.1) is 17.1 Å². The Kier molecular flexibility index (Phi) is 7.01. The first kappa shape index (κ1) is 29.7. The second kappa shape index (κ2) is 10.8. The first-order valence-corrected chi connectivity index (χ1v) is 16.2. The summed E-state index contributed by atoms with van der Waals surface area (Å²) in [6.45, 7) is 15.6. The van der Waals surface area contributed by atoms with Crippen molar-refractivity contribution in [1.29, 1.82) is 0 Å². The topological polar surface area (TPSA) is 49.3 Å². The Morgan fingerprint density at radius 3 is 2.13 bits per heavy atom. The quantitative estimate of drug-likeness (QED) is 0.218. The van der Waals surface area contributed by atoms with Gasteiger partial charge in [-0.25, -0.2) is 9.97 Å². The van der Waals surface area contributed by atoms with Crippen LogP contribution in [0.25, 0.3) is 33.3 Å². The number of phenolic OH excluding ortho intramolecular Hbond substituents is 1. The number of hydrogen-bond acceptors (Lipinski definition) is 4. The van der Waals surface area contributed by atoms with Gasteiger partial charge in [-0.3, -0.25) is 4.90 Å². The van der Waals surface area contributed by atoms with E-state index in [9.17, 15) is 5.11 Å². The van der Waals surface area contributed by atoms with E-state index in [0.29, 0.717) is 5.52 Å². The Morgan fingerprint density at radius 2 is 1.43 bits per heavy atom. The summed E-state index contributed by atoms with van der Waals surface area (Å²) in [5.41, 5.74) is 11.2. The van der Waals surface area contributed by atoms with Gasteiger partial charge in [0.2, 0.25) is 0 Å². The molecule has 3 heterocycles. The average molecular weight is 604 g/mol. The fourth-order valence-corrected chi connectivity index (χ4v) is 6.92. The highest BCUT2D eigenvalue weighted by atomic mass is 16.3. The SMILES string of the molecule is CC(C)c1cc(-c2ccc(C(C)(C)C)cc2)c(O)c2nc(-c3ccc4c(c3)N(c3ccccn3)c3ccccc3C4(C)C)ccc12. The van der Waals surface area contributed by atoms with Crippen LogP contribution in [0.2, 0.25) is 0 Å². The van der Waals surface area contributed by atoms with Gasteiger partial charge in [-0.15, -0.1) is 0 Å². The van der Waals surface area contributed by atoms with Crippen LogP contribution in [-0.4, -0.2) is 15.1 Å². The van der Waals surface area contributed by atoms with Crippen molar-refractivity contribution in [3.05, 3.63) is 132 Å². The molecular formula is C42H41N3O. The number of para-hydroxylation sites is 1. The fourth-order valence-electron chi connectivity index (χ4n) is 6.92. The molecule has 0 spiro atoms. The number of nitrogens with zero attached hydrogens (tertiary/aromatic N) is 3. The lowest BCUT2D eigenvalue weighted by Gasteiger charge is -2.41. The molecule has 6 aromatic rings. The van der Waals surface area contributed by atoms with Crippen LogP contribution < -0.4 is 4.90 Å². The number of benzene rings is 4. The number of rotatable bonds is 4. The maximum absolute atomic E-state index is 11.8. The van der Waals surface area contributed by atoms with Gasteiger partial charge in [-0.2, -0.15) is 0 Å². The molecule has 0 fully saturated rings. The molecule has 0 saturated heterocycles. The highest BCUT2D eigenvalue weighted by Gasteiger charge is 2.37. The molecular weight excluding hydrogens is 562 g/mol. The lowest BCUT2D eigenvalue weighted by atomic mass is 9.73. The van der Waals surface area contributed by atoms with E-state index in [1.807, 2.05) is 18.3 Å². The van der Waals surface area contributed by atoms with Crippen molar-refractivity contribution < 1.29 is 5.11 Å². The first-order chi connectivity index (χ1) is 21.9. The summed E-state index contributed by atoms with van der Waals surface area (Å²) in [5.74, 6) is 1.35. The summed E-state index contributed by atoms with van der Waals surface area (Å²) >= 11 is 0. The van der Waals surface area contributed by atoms with Gasteiger partial charge in [0.25, 0.3) is 0 Å². The number of aromatic hydroxyl groups is 1. The Balaban J connectivity index is 1.40. The number of fused-ring (bicyclic) bond motifs is 3. The molecule has 7 rings (SSSR count). The predicted molar refractivity (Wildman–Crippen MR) is 192 cm³/mol. The van der Waals surface area contributed by atoms with Crippen LogP contribution >= 0.6 is 0 Å². The zero-order chi connectivity index (χ0) is 32.4. The van der Waals surface area contributed by atoms with Gasteiger partial charge in [0.15, 0.2) is 0 Å². The van der Waals surface area contributed by atoms with Crippen LogP contribution in [0.3, 0.4) is 0 Å². The lowest BCUT2D eigenvalue weighted by molar-refractivity contribution is 0.482. The third kappa shape index (κ3) is 4.84. The summed E-state index contributed by atoms with van der Waals surface area (Å²) in [5, 5.41) is 12.8.